The summed E-state index contributed by atoms with van der Waals surface area (Å²) in [5.41, 5.74) is 6.80. The molecule has 3 N–H and O–H groups in total. The Morgan fingerprint density at radius 3 is 1.76 bits per heavy atom. The molecule has 0 aromatic heterocycles. The van der Waals surface area contributed by atoms with Crippen LogP contribution in [0.3, 0.4) is 0 Å². The van der Waals surface area contributed by atoms with Crippen LogP contribution in [0.25, 0.3) is 0 Å². The van der Waals surface area contributed by atoms with Gasteiger partial charge >= 0.3 is 0 Å². The van der Waals surface area contributed by atoms with Crippen molar-refractivity contribution in [3.8, 4) is 28.7 Å². The van der Waals surface area contributed by atoms with Gasteiger partial charge in [0.05, 0.1) is 11.4 Å². The maximum Gasteiger partial charge on any atom is 0.131 e. The molecule has 0 unspecified atom stereocenters. The number of phenolic OH excluding ortho intramolecular Hbond substituents is 3. The first-order valence-electron chi connectivity index (χ1n) is 11.1. The SMILES string of the molecule is Cc1cc(O)cc(Oc2cccc(N(c3c(C)ccc(O)c3C)c3c(C)ccc(O)c3C)c2)c1. The van der Waals surface area contributed by atoms with E-state index in [2.05, 4.69) is 4.90 Å². The Hall–Kier alpha value is -4.12. The predicted octanol–water partition coefficient (Wildman–Crippen LogP) is 7.61. The Bertz CT molecular complexity index is 1300. The first-order chi connectivity index (χ1) is 16.2. The van der Waals surface area contributed by atoms with Crippen molar-refractivity contribution >= 4 is 17.1 Å². The molecule has 0 saturated heterocycles. The van der Waals surface area contributed by atoms with Gasteiger partial charge in [-0.15, -0.1) is 0 Å². The van der Waals surface area contributed by atoms with E-state index in [-0.39, 0.29) is 17.2 Å². The monoisotopic (exact) mass is 455 g/mol. The molecule has 0 atom stereocenters. The largest absolute Gasteiger partial charge is 0.508 e. The topological polar surface area (TPSA) is 73.2 Å². The van der Waals surface area contributed by atoms with Gasteiger partial charge in [-0.05, 0) is 87.7 Å². The fourth-order valence-electron chi connectivity index (χ4n) is 4.32. The number of aryl methyl sites for hydroxylation is 3. The minimum Gasteiger partial charge on any atom is -0.508 e. The maximum absolute atomic E-state index is 10.5. The molecule has 0 spiro atoms. The van der Waals surface area contributed by atoms with Crippen LogP contribution in [0.1, 0.15) is 27.8 Å². The molecule has 4 rings (SSSR count). The average Bonchev–Trinajstić information content (AvgIpc) is 2.77. The second-order valence-corrected chi connectivity index (χ2v) is 8.69. The van der Waals surface area contributed by atoms with Crippen LogP contribution in [0.2, 0.25) is 0 Å². The van der Waals surface area contributed by atoms with Crippen LogP contribution < -0.4 is 9.64 Å². The molecule has 0 amide bonds. The third-order valence-corrected chi connectivity index (χ3v) is 6.00. The van der Waals surface area contributed by atoms with Gasteiger partial charge in [0.1, 0.15) is 28.7 Å². The molecule has 0 aliphatic carbocycles. The smallest absolute Gasteiger partial charge is 0.131 e. The molecule has 5 nitrogen and oxygen atoms in total. The highest BCUT2D eigenvalue weighted by atomic mass is 16.5. The van der Waals surface area contributed by atoms with Crippen molar-refractivity contribution in [1.82, 2.24) is 0 Å². The summed E-state index contributed by atoms with van der Waals surface area (Å²) in [6, 6.07) is 19.9. The van der Waals surface area contributed by atoms with Crippen molar-refractivity contribution in [2.24, 2.45) is 0 Å². The van der Waals surface area contributed by atoms with Crippen molar-refractivity contribution in [3.05, 3.63) is 94.5 Å². The lowest BCUT2D eigenvalue weighted by Gasteiger charge is -2.32. The molecule has 0 radical (unpaired) electrons. The number of phenols is 3. The zero-order valence-corrected chi connectivity index (χ0v) is 20.0. The van der Waals surface area contributed by atoms with E-state index in [9.17, 15) is 15.3 Å². The minimum absolute atomic E-state index is 0.143. The molecule has 174 valence electrons. The summed E-state index contributed by atoms with van der Waals surface area (Å²) >= 11 is 0. The molecule has 0 fully saturated rings. The number of hydrogen-bond donors (Lipinski definition) is 3. The second-order valence-electron chi connectivity index (χ2n) is 8.69. The zero-order valence-electron chi connectivity index (χ0n) is 20.0. The first kappa shape index (κ1) is 23.1. The zero-order chi connectivity index (χ0) is 24.6. The molecule has 34 heavy (non-hydrogen) atoms. The number of aromatic hydroxyl groups is 3. The van der Waals surface area contributed by atoms with Crippen LogP contribution in [-0.2, 0) is 0 Å². The normalized spacial score (nSPS) is 10.9. The molecule has 0 aliphatic rings. The highest BCUT2D eigenvalue weighted by Gasteiger charge is 2.23. The molecule has 4 aromatic rings. The molecular weight excluding hydrogens is 426 g/mol. The summed E-state index contributed by atoms with van der Waals surface area (Å²) < 4.78 is 6.09. The lowest BCUT2D eigenvalue weighted by Crippen LogP contribution is -2.15. The summed E-state index contributed by atoms with van der Waals surface area (Å²) in [7, 11) is 0. The van der Waals surface area contributed by atoms with Crippen LogP contribution >= 0.6 is 0 Å². The van der Waals surface area contributed by atoms with Gasteiger partial charge in [0, 0.05) is 28.9 Å². The van der Waals surface area contributed by atoms with Crippen LogP contribution in [0.15, 0.2) is 66.7 Å². The van der Waals surface area contributed by atoms with Crippen molar-refractivity contribution in [2.75, 3.05) is 4.90 Å². The summed E-state index contributed by atoms with van der Waals surface area (Å²) in [5.74, 6) is 1.67. The van der Waals surface area contributed by atoms with Gasteiger partial charge in [-0.2, -0.15) is 0 Å². The highest BCUT2D eigenvalue weighted by Crippen LogP contribution is 2.46. The molecule has 0 heterocycles. The van der Waals surface area contributed by atoms with E-state index in [1.54, 1.807) is 24.3 Å². The minimum atomic E-state index is 0.143. The van der Waals surface area contributed by atoms with Gasteiger partial charge in [0.15, 0.2) is 0 Å². The van der Waals surface area contributed by atoms with E-state index < -0.39 is 0 Å². The van der Waals surface area contributed by atoms with Gasteiger partial charge in [0.25, 0.3) is 0 Å². The van der Waals surface area contributed by atoms with Gasteiger partial charge < -0.3 is 25.0 Å². The van der Waals surface area contributed by atoms with Gasteiger partial charge in [-0.1, -0.05) is 18.2 Å². The maximum atomic E-state index is 10.5. The number of ether oxygens (including phenoxy) is 1. The summed E-state index contributed by atoms with van der Waals surface area (Å²) in [6.45, 7) is 9.66. The van der Waals surface area contributed by atoms with Crippen LogP contribution in [0, 0.1) is 34.6 Å². The fraction of sp³-hybridized carbons (Fsp3) is 0.172. The van der Waals surface area contributed by atoms with E-state index in [1.807, 2.05) is 77.1 Å². The average molecular weight is 456 g/mol. The quantitative estimate of drug-likeness (QED) is 0.289. The van der Waals surface area contributed by atoms with Crippen LogP contribution in [0.5, 0.6) is 28.7 Å². The van der Waals surface area contributed by atoms with Gasteiger partial charge in [-0.25, -0.2) is 0 Å². The van der Waals surface area contributed by atoms with Gasteiger partial charge in [-0.3, -0.25) is 0 Å². The van der Waals surface area contributed by atoms with E-state index in [1.165, 1.54) is 0 Å². The Morgan fingerprint density at radius 2 is 1.21 bits per heavy atom. The number of benzene rings is 4. The Morgan fingerprint density at radius 1 is 0.618 bits per heavy atom. The van der Waals surface area contributed by atoms with Gasteiger partial charge in [0.2, 0.25) is 0 Å². The predicted molar refractivity (Wildman–Crippen MR) is 136 cm³/mol. The van der Waals surface area contributed by atoms with E-state index in [0.717, 1.165) is 44.9 Å². The number of rotatable bonds is 5. The third kappa shape index (κ3) is 4.37. The summed E-state index contributed by atoms with van der Waals surface area (Å²) in [5, 5.41) is 31.0. The highest BCUT2D eigenvalue weighted by molar-refractivity contribution is 5.85. The van der Waals surface area contributed by atoms with Crippen molar-refractivity contribution in [3.63, 3.8) is 0 Å². The number of hydrogen-bond acceptors (Lipinski definition) is 5. The number of anilines is 3. The Balaban J connectivity index is 1.92. The first-order valence-corrected chi connectivity index (χ1v) is 11.1. The lowest BCUT2D eigenvalue weighted by atomic mass is 10.0. The fourth-order valence-corrected chi connectivity index (χ4v) is 4.32. The molecule has 5 heteroatoms. The van der Waals surface area contributed by atoms with E-state index >= 15 is 0 Å². The van der Waals surface area contributed by atoms with Crippen molar-refractivity contribution < 1.29 is 20.1 Å². The number of nitrogens with zero attached hydrogens (tertiary/aromatic N) is 1. The second kappa shape index (κ2) is 9.02. The standard InChI is InChI=1S/C29H29NO4/c1-17-13-23(31)16-25(14-17)34-24-8-6-7-22(15-24)30(28-18(2)9-11-26(32)20(28)4)29-19(3)10-12-27(33)21(29)5/h6-16,31-33H,1-5H3. The molecule has 0 saturated carbocycles. The molecule has 0 bridgehead atoms. The van der Waals surface area contributed by atoms with E-state index in [0.29, 0.717) is 11.5 Å². The summed E-state index contributed by atoms with van der Waals surface area (Å²) in [6.07, 6.45) is 0. The molecule has 0 aliphatic heterocycles. The van der Waals surface area contributed by atoms with Crippen LogP contribution in [-0.4, -0.2) is 15.3 Å². The molecular formula is C29H29NO4. The van der Waals surface area contributed by atoms with Crippen LogP contribution in [0.4, 0.5) is 17.1 Å². The molecule has 4 aromatic carbocycles. The Kier molecular flexibility index (Phi) is 6.12. The lowest BCUT2D eigenvalue weighted by molar-refractivity contribution is 0.454. The summed E-state index contributed by atoms with van der Waals surface area (Å²) in [4.78, 5) is 2.05. The Labute approximate surface area is 200 Å². The van der Waals surface area contributed by atoms with E-state index in [4.69, 9.17) is 4.74 Å². The third-order valence-electron chi connectivity index (χ3n) is 6.00. The van der Waals surface area contributed by atoms with Crippen molar-refractivity contribution in [1.29, 1.82) is 0 Å². The van der Waals surface area contributed by atoms with Crippen molar-refractivity contribution in [2.45, 2.75) is 34.6 Å².